The van der Waals surface area contributed by atoms with Crippen LogP contribution in [0.25, 0.3) is 0 Å². The van der Waals surface area contributed by atoms with Gasteiger partial charge in [0.15, 0.2) is 0 Å². The average Bonchev–Trinajstić information content (AvgIpc) is 2.05. The van der Waals surface area contributed by atoms with Crippen LogP contribution in [0.1, 0.15) is 45.4 Å². The average molecular weight is 171 g/mol. The highest BCUT2D eigenvalue weighted by molar-refractivity contribution is 4.85. The minimum Gasteiger partial charge on any atom is -0.390 e. The van der Waals surface area contributed by atoms with E-state index in [2.05, 4.69) is 12.2 Å². The second-order valence-electron chi connectivity index (χ2n) is 4.18. The Labute approximate surface area is 75.4 Å². The van der Waals surface area contributed by atoms with Crippen LogP contribution in [0.4, 0.5) is 0 Å². The van der Waals surface area contributed by atoms with E-state index in [1.54, 1.807) is 0 Å². The third-order valence-corrected chi connectivity index (χ3v) is 2.96. The molecule has 1 atom stereocenters. The van der Waals surface area contributed by atoms with E-state index in [0.717, 1.165) is 19.3 Å². The van der Waals surface area contributed by atoms with Gasteiger partial charge in [-0.3, -0.25) is 0 Å². The molecule has 0 bridgehead atoms. The van der Waals surface area contributed by atoms with Crippen LogP contribution >= 0.6 is 0 Å². The molecule has 2 nitrogen and oxygen atoms in total. The van der Waals surface area contributed by atoms with E-state index < -0.39 is 0 Å². The fourth-order valence-corrected chi connectivity index (χ4v) is 2.09. The summed E-state index contributed by atoms with van der Waals surface area (Å²) in [5, 5.41) is 13.3. The lowest BCUT2D eigenvalue weighted by Crippen LogP contribution is -2.38. The highest BCUT2D eigenvalue weighted by Gasteiger charge is 2.30. The van der Waals surface area contributed by atoms with E-state index in [-0.39, 0.29) is 5.60 Å². The molecule has 1 rings (SSSR count). The summed E-state index contributed by atoms with van der Waals surface area (Å²) in [7, 11) is 1.96. The summed E-state index contributed by atoms with van der Waals surface area (Å²) in [6.07, 6.45) is 6.61. The molecule has 0 radical (unpaired) electrons. The molecule has 2 N–H and O–H groups in total. The van der Waals surface area contributed by atoms with E-state index in [1.165, 1.54) is 19.3 Å². The van der Waals surface area contributed by atoms with Gasteiger partial charge in [0.05, 0.1) is 5.60 Å². The predicted octanol–water partition coefficient (Wildman–Crippen LogP) is 1.68. The molecule has 0 aromatic rings. The van der Waals surface area contributed by atoms with Gasteiger partial charge in [-0.25, -0.2) is 0 Å². The SMILES string of the molecule is CNC(C)CC1(O)CCCCC1. The van der Waals surface area contributed by atoms with Crippen molar-refractivity contribution >= 4 is 0 Å². The Balaban J connectivity index is 2.35. The Bertz CT molecular complexity index is 130. The third kappa shape index (κ3) is 2.76. The lowest BCUT2D eigenvalue weighted by atomic mass is 9.81. The van der Waals surface area contributed by atoms with Gasteiger partial charge in [-0.1, -0.05) is 19.3 Å². The molecular formula is C10H21NO. The van der Waals surface area contributed by atoms with Crippen molar-refractivity contribution in [2.24, 2.45) is 0 Å². The van der Waals surface area contributed by atoms with E-state index in [4.69, 9.17) is 0 Å². The summed E-state index contributed by atoms with van der Waals surface area (Å²) in [6.45, 7) is 2.13. The molecule has 0 aromatic heterocycles. The van der Waals surface area contributed by atoms with Crippen molar-refractivity contribution in [1.29, 1.82) is 0 Å². The zero-order chi connectivity index (χ0) is 9.03. The minimum absolute atomic E-state index is 0.360. The maximum Gasteiger partial charge on any atom is 0.0662 e. The van der Waals surface area contributed by atoms with Gasteiger partial charge in [0, 0.05) is 6.04 Å². The fourth-order valence-electron chi connectivity index (χ4n) is 2.09. The first kappa shape index (κ1) is 10.0. The van der Waals surface area contributed by atoms with Gasteiger partial charge in [0.1, 0.15) is 0 Å². The maximum absolute atomic E-state index is 10.1. The van der Waals surface area contributed by atoms with Crippen molar-refractivity contribution in [3.8, 4) is 0 Å². The Hall–Kier alpha value is -0.0800. The summed E-state index contributed by atoms with van der Waals surface area (Å²) < 4.78 is 0. The molecule has 0 heterocycles. The molecule has 0 aromatic carbocycles. The molecule has 1 aliphatic carbocycles. The second kappa shape index (κ2) is 4.24. The van der Waals surface area contributed by atoms with Crippen LogP contribution in [-0.4, -0.2) is 23.8 Å². The normalized spacial score (nSPS) is 25.2. The molecule has 0 spiro atoms. The quantitative estimate of drug-likeness (QED) is 0.677. The van der Waals surface area contributed by atoms with Crippen LogP contribution in [-0.2, 0) is 0 Å². The summed E-state index contributed by atoms with van der Waals surface area (Å²) in [5.74, 6) is 0. The largest absolute Gasteiger partial charge is 0.390 e. The molecule has 72 valence electrons. The van der Waals surface area contributed by atoms with Crippen molar-refractivity contribution in [2.45, 2.75) is 57.1 Å². The van der Waals surface area contributed by atoms with E-state index in [9.17, 15) is 5.11 Å². The maximum atomic E-state index is 10.1. The molecule has 12 heavy (non-hydrogen) atoms. The summed E-state index contributed by atoms with van der Waals surface area (Å²) in [6, 6.07) is 0.438. The van der Waals surface area contributed by atoms with Crippen LogP contribution < -0.4 is 5.32 Å². The summed E-state index contributed by atoms with van der Waals surface area (Å²) in [5.41, 5.74) is -0.360. The van der Waals surface area contributed by atoms with E-state index in [1.807, 2.05) is 7.05 Å². The monoisotopic (exact) mass is 171 g/mol. The van der Waals surface area contributed by atoms with Crippen molar-refractivity contribution in [3.63, 3.8) is 0 Å². The second-order valence-corrected chi connectivity index (χ2v) is 4.18. The number of rotatable bonds is 3. The first-order chi connectivity index (χ1) is 5.66. The summed E-state index contributed by atoms with van der Waals surface area (Å²) >= 11 is 0. The smallest absolute Gasteiger partial charge is 0.0662 e. The van der Waals surface area contributed by atoms with Crippen LogP contribution in [0.5, 0.6) is 0 Å². The zero-order valence-corrected chi connectivity index (χ0v) is 8.27. The van der Waals surface area contributed by atoms with Crippen LogP contribution in [0.2, 0.25) is 0 Å². The molecule has 0 saturated heterocycles. The van der Waals surface area contributed by atoms with Crippen molar-refractivity contribution < 1.29 is 5.11 Å². The standard InChI is InChI=1S/C10H21NO/c1-9(11-2)8-10(12)6-4-3-5-7-10/h9,11-12H,3-8H2,1-2H3. The number of hydrogen-bond donors (Lipinski definition) is 2. The lowest BCUT2D eigenvalue weighted by molar-refractivity contribution is -0.0102. The van der Waals surface area contributed by atoms with Gasteiger partial charge < -0.3 is 10.4 Å². The first-order valence-electron chi connectivity index (χ1n) is 5.06. The highest BCUT2D eigenvalue weighted by Crippen LogP contribution is 2.31. The van der Waals surface area contributed by atoms with Gasteiger partial charge in [-0.15, -0.1) is 0 Å². The number of aliphatic hydroxyl groups is 1. The van der Waals surface area contributed by atoms with Crippen molar-refractivity contribution in [3.05, 3.63) is 0 Å². The topological polar surface area (TPSA) is 32.3 Å². The molecule has 1 fully saturated rings. The molecule has 1 aliphatic rings. The molecular weight excluding hydrogens is 150 g/mol. The van der Waals surface area contributed by atoms with Crippen LogP contribution in [0, 0.1) is 0 Å². The summed E-state index contributed by atoms with van der Waals surface area (Å²) in [4.78, 5) is 0. The number of hydrogen-bond acceptors (Lipinski definition) is 2. The van der Waals surface area contributed by atoms with Gasteiger partial charge in [-0.05, 0) is 33.2 Å². The molecule has 1 saturated carbocycles. The molecule has 0 aliphatic heterocycles. The third-order valence-electron chi connectivity index (χ3n) is 2.96. The van der Waals surface area contributed by atoms with Gasteiger partial charge in [0.2, 0.25) is 0 Å². The fraction of sp³-hybridized carbons (Fsp3) is 1.00. The lowest BCUT2D eigenvalue weighted by Gasteiger charge is -2.34. The Morgan fingerprint density at radius 2 is 1.92 bits per heavy atom. The van der Waals surface area contributed by atoms with Crippen molar-refractivity contribution in [2.75, 3.05) is 7.05 Å². The molecule has 2 heteroatoms. The number of nitrogens with one attached hydrogen (secondary N) is 1. The molecule has 1 unspecified atom stereocenters. The van der Waals surface area contributed by atoms with Crippen LogP contribution in [0.15, 0.2) is 0 Å². The Morgan fingerprint density at radius 3 is 2.42 bits per heavy atom. The Kier molecular flexibility index (Phi) is 3.53. The van der Waals surface area contributed by atoms with Gasteiger partial charge in [-0.2, -0.15) is 0 Å². The Morgan fingerprint density at radius 1 is 1.33 bits per heavy atom. The van der Waals surface area contributed by atoms with E-state index in [0.29, 0.717) is 6.04 Å². The van der Waals surface area contributed by atoms with Crippen LogP contribution in [0.3, 0.4) is 0 Å². The predicted molar refractivity (Wildman–Crippen MR) is 51.2 cm³/mol. The molecule has 0 amide bonds. The first-order valence-corrected chi connectivity index (χ1v) is 5.06. The van der Waals surface area contributed by atoms with Gasteiger partial charge >= 0.3 is 0 Å². The van der Waals surface area contributed by atoms with Gasteiger partial charge in [0.25, 0.3) is 0 Å². The van der Waals surface area contributed by atoms with E-state index >= 15 is 0 Å². The zero-order valence-electron chi connectivity index (χ0n) is 8.27. The minimum atomic E-state index is -0.360. The highest BCUT2D eigenvalue weighted by atomic mass is 16.3. The van der Waals surface area contributed by atoms with Crippen molar-refractivity contribution in [1.82, 2.24) is 5.32 Å².